The van der Waals surface area contributed by atoms with Crippen LogP contribution < -0.4 is 9.64 Å². The van der Waals surface area contributed by atoms with Crippen molar-refractivity contribution in [1.82, 2.24) is 9.88 Å². The van der Waals surface area contributed by atoms with Crippen LogP contribution in [0.15, 0.2) is 42.5 Å². The standard InChI is InChI=1S/C24H31N3O2S/c1-5-19-9-8-10-21-23(19)25-24(30-21)27(16-15-26(6-2)7-3)22(28)17-18-11-13-20(29-4)14-12-18/h8-14H,5-7,15-17H2,1-4H3. The zero-order valence-electron chi connectivity index (χ0n) is 18.4. The van der Waals surface area contributed by atoms with E-state index in [9.17, 15) is 4.79 Å². The number of fused-ring (bicyclic) bond motifs is 1. The fourth-order valence-corrected chi connectivity index (χ4v) is 4.57. The minimum Gasteiger partial charge on any atom is -0.497 e. The second-order valence-electron chi connectivity index (χ2n) is 7.21. The van der Waals surface area contributed by atoms with Crippen LogP contribution in [0.25, 0.3) is 10.2 Å². The predicted molar refractivity (Wildman–Crippen MR) is 126 cm³/mol. The number of ether oxygens (including phenoxy) is 1. The normalized spacial score (nSPS) is 11.2. The summed E-state index contributed by atoms with van der Waals surface area (Å²) in [6.07, 6.45) is 1.28. The van der Waals surface area contributed by atoms with Crippen molar-refractivity contribution in [3.05, 3.63) is 53.6 Å². The number of carbonyl (C=O) groups is 1. The van der Waals surface area contributed by atoms with E-state index in [2.05, 4.69) is 43.9 Å². The molecule has 0 fully saturated rings. The Morgan fingerprint density at radius 2 is 1.77 bits per heavy atom. The summed E-state index contributed by atoms with van der Waals surface area (Å²) in [5, 5.41) is 0.788. The molecule has 0 saturated carbocycles. The molecule has 0 saturated heterocycles. The SMILES string of the molecule is CCc1cccc2sc(N(CCN(CC)CC)C(=O)Cc3ccc(OC)cc3)nc12. The number of aryl methyl sites for hydroxylation is 1. The zero-order chi connectivity index (χ0) is 21.5. The van der Waals surface area contributed by atoms with Crippen LogP contribution in [-0.4, -0.2) is 49.1 Å². The second kappa shape index (κ2) is 10.5. The van der Waals surface area contributed by atoms with E-state index in [0.29, 0.717) is 13.0 Å². The Labute approximate surface area is 183 Å². The Hall–Kier alpha value is -2.44. The smallest absolute Gasteiger partial charge is 0.233 e. The molecule has 5 nitrogen and oxygen atoms in total. The molecule has 3 rings (SSSR count). The van der Waals surface area contributed by atoms with Crippen molar-refractivity contribution in [1.29, 1.82) is 0 Å². The average molecular weight is 426 g/mol. The molecular weight excluding hydrogens is 394 g/mol. The Bertz CT molecular complexity index is 964. The van der Waals surface area contributed by atoms with Crippen molar-refractivity contribution in [2.75, 3.05) is 38.2 Å². The Morgan fingerprint density at radius 3 is 2.40 bits per heavy atom. The molecular formula is C24H31N3O2S. The van der Waals surface area contributed by atoms with E-state index in [4.69, 9.17) is 9.72 Å². The lowest BCUT2D eigenvalue weighted by atomic mass is 10.1. The van der Waals surface area contributed by atoms with Gasteiger partial charge in [-0.3, -0.25) is 9.69 Å². The topological polar surface area (TPSA) is 45.7 Å². The number of methoxy groups -OCH3 is 1. The van der Waals surface area contributed by atoms with Crippen molar-refractivity contribution in [2.24, 2.45) is 0 Å². The number of anilines is 1. The van der Waals surface area contributed by atoms with Crippen LogP contribution in [0.2, 0.25) is 0 Å². The Morgan fingerprint density at radius 1 is 1.03 bits per heavy atom. The van der Waals surface area contributed by atoms with Crippen LogP contribution in [0.3, 0.4) is 0 Å². The fourth-order valence-electron chi connectivity index (χ4n) is 3.52. The van der Waals surface area contributed by atoms with Crippen LogP contribution in [0.1, 0.15) is 31.9 Å². The van der Waals surface area contributed by atoms with Gasteiger partial charge >= 0.3 is 0 Å². The molecule has 1 heterocycles. The van der Waals surface area contributed by atoms with Crippen molar-refractivity contribution in [3.63, 3.8) is 0 Å². The summed E-state index contributed by atoms with van der Waals surface area (Å²) in [4.78, 5) is 22.4. The minimum atomic E-state index is 0.0735. The third kappa shape index (κ3) is 5.18. The third-order valence-corrected chi connectivity index (χ3v) is 6.50. The maximum absolute atomic E-state index is 13.3. The van der Waals surface area contributed by atoms with Crippen molar-refractivity contribution >= 4 is 32.6 Å². The van der Waals surface area contributed by atoms with E-state index in [1.165, 1.54) is 5.56 Å². The number of aromatic nitrogens is 1. The largest absolute Gasteiger partial charge is 0.497 e. The summed E-state index contributed by atoms with van der Waals surface area (Å²) < 4.78 is 6.36. The van der Waals surface area contributed by atoms with E-state index >= 15 is 0 Å². The van der Waals surface area contributed by atoms with Gasteiger partial charge in [0.1, 0.15) is 5.75 Å². The van der Waals surface area contributed by atoms with Gasteiger partial charge in [-0.05, 0) is 48.8 Å². The van der Waals surface area contributed by atoms with Crippen molar-refractivity contribution in [3.8, 4) is 5.75 Å². The Balaban J connectivity index is 1.88. The van der Waals surface area contributed by atoms with Gasteiger partial charge in [0.05, 0.1) is 23.7 Å². The summed E-state index contributed by atoms with van der Waals surface area (Å²) in [5.74, 6) is 0.868. The molecule has 0 radical (unpaired) electrons. The van der Waals surface area contributed by atoms with Gasteiger partial charge in [-0.15, -0.1) is 0 Å². The monoisotopic (exact) mass is 425 g/mol. The molecule has 0 atom stereocenters. The van der Waals surface area contributed by atoms with Crippen molar-refractivity contribution < 1.29 is 9.53 Å². The minimum absolute atomic E-state index is 0.0735. The number of nitrogens with zero attached hydrogens (tertiary/aromatic N) is 3. The summed E-state index contributed by atoms with van der Waals surface area (Å²) in [7, 11) is 1.65. The predicted octanol–water partition coefficient (Wildman–Crippen LogP) is 4.78. The number of hydrogen-bond acceptors (Lipinski definition) is 5. The van der Waals surface area contributed by atoms with Crippen LogP contribution in [-0.2, 0) is 17.6 Å². The number of para-hydroxylation sites is 1. The van der Waals surface area contributed by atoms with Gasteiger partial charge in [0.2, 0.25) is 5.91 Å². The Kier molecular flexibility index (Phi) is 7.82. The summed E-state index contributed by atoms with van der Waals surface area (Å²) in [6, 6.07) is 14.0. The number of amides is 1. The van der Waals surface area contributed by atoms with E-state index in [1.807, 2.05) is 29.2 Å². The number of thiazole rings is 1. The molecule has 6 heteroatoms. The number of benzene rings is 2. The van der Waals surface area contributed by atoms with Crippen LogP contribution >= 0.6 is 11.3 Å². The lowest BCUT2D eigenvalue weighted by Gasteiger charge is -2.24. The summed E-state index contributed by atoms with van der Waals surface area (Å²) in [6.45, 7) is 9.85. The first kappa shape index (κ1) is 22.2. The number of carbonyl (C=O) groups excluding carboxylic acids is 1. The molecule has 1 amide bonds. The van der Waals surface area contributed by atoms with E-state index in [0.717, 1.165) is 52.7 Å². The van der Waals surface area contributed by atoms with E-state index in [-0.39, 0.29) is 5.91 Å². The third-order valence-electron chi connectivity index (χ3n) is 5.45. The molecule has 3 aromatic rings. The molecule has 160 valence electrons. The molecule has 2 aromatic carbocycles. The van der Waals surface area contributed by atoms with Crippen molar-refractivity contribution in [2.45, 2.75) is 33.6 Å². The highest BCUT2D eigenvalue weighted by Crippen LogP contribution is 2.31. The fraction of sp³-hybridized carbons (Fsp3) is 0.417. The molecule has 0 N–H and O–H groups in total. The van der Waals surface area contributed by atoms with E-state index in [1.54, 1.807) is 18.4 Å². The number of likely N-dealkylation sites (N-methyl/N-ethyl adjacent to an activating group) is 1. The maximum Gasteiger partial charge on any atom is 0.233 e. The highest BCUT2D eigenvalue weighted by atomic mass is 32.1. The molecule has 0 spiro atoms. The van der Waals surface area contributed by atoms with Crippen LogP contribution in [0.5, 0.6) is 5.75 Å². The van der Waals surface area contributed by atoms with Gasteiger partial charge in [-0.2, -0.15) is 0 Å². The highest BCUT2D eigenvalue weighted by molar-refractivity contribution is 7.22. The van der Waals surface area contributed by atoms with Gasteiger partial charge in [0.15, 0.2) is 5.13 Å². The quantitative estimate of drug-likeness (QED) is 0.469. The molecule has 0 unspecified atom stereocenters. The first-order valence-corrected chi connectivity index (χ1v) is 11.4. The number of rotatable bonds is 10. The maximum atomic E-state index is 13.3. The molecule has 0 bridgehead atoms. The lowest BCUT2D eigenvalue weighted by molar-refractivity contribution is -0.118. The summed E-state index contributed by atoms with van der Waals surface area (Å²) >= 11 is 1.60. The van der Waals surface area contributed by atoms with Gasteiger partial charge in [-0.1, -0.05) is 56.4 Å². The first-order valence-electron chi connectivity index (χ1n) is 10.6. The van der Waals surface area contributed by atoms with Gasteiger partial charge in [0, 0.05) is 13.1 Å². The van der Waals surface area contributed by atoms with Crippen LogP contribution in [0, 0.1) is 0 Å². The zero-order valence-corrected chi connectivity index (χ0v) is 19.2. The van der Waals surface area contributed by atoms with Gasteiger partial charge in [-0.25, -0.2) is 4.98 Å². The number of hydrogen-bond donors (Lipinski definition) is 0. The molecule has 1 aromatic heterocycles. The highest BCUT2D eigenvalue weighted by Gasteiger charge is 2.21. The van der Waals surface area contributed by atoms with E-state index < -0.39 is 0 Å². The molecule has 0 aliphatic carbocycles. The molecule has 0 aliphatic rings. The average Bonchev–Trinajstić information content (AvgIpc) is 3.21. The molecule has 0 aliphatic heterocycles. The second-order valence-corrected chi connectivity index (χ2v) is 8.22. The first-order chi connectivity index (χ1) is 14.6. The molecule has 30 heavy (non-hydrogen) atoms. The van der Waals surface area contributed by atoms with Crippen LogP contribution in [0.4, 0.5) is 5.13 Å². The lowest BCUT2D eigenvalue weighted by Crippen LogP contribution is -2.39. The summed E-state index contributed by atoms with van der Waals surface area (Å²) in [5.41, 5.74) is 3.22. The van der Waals surface area contributed by atoms with Gasteiger partial charge < -0.3 is 9.64 Å². The van der Waals surface area contributed by atoms with Gasteiger partial charge in [0.25, 0.3) is 0 Å².